The molecule has 1 saturated carbocycles. The fourth-order valence-electron chi connectivity index (χ4n) is 2.75. The molecule has 1 saturated heterocycles. The molecule has 1 N–H and O–H groups in total. The van der Waals surface area contributed by atoms with Gasteiger partial charge in [0.1, 0.15) is 6.04 Å². The number of hydrogen-bond acceptors (Lipinski definition) is 3. The van der Waals surface area contributed by atoms with Crippen molar-refractivity contribution in [3.8, 4) is 0 Å². The van der Waals surface area contributed by atoms with E-state index in [1.807, 2.05) is 6.92 Å². The molecule has 5 heteroatoms. The first-order chi connectivity index (χ1) is 9.19. The second-order valence-corrected chi connectivity index (χ2v) is 5.46. The van der Waals surface area contributed by atoms with E-state index in [0.29, 0.717) is 19.5 Å². The molecular weight excluding hydrogens is 244 g/mol. The van der Waals surface area contributed by atoms with E-state index in [9.17, 15) is 9.59 Å². The maximum absolute atomic E-state index is 12.5. The molecule has 1 unspecified atom stereocenters. The highest BCUT2D eigenvalue weighted by Gasteiger charge is 2.41. The van der Waals surface area contributed by atoms with Gasteiger partial charge in [-0.3, -0.25) is 9.59 Å². The number of aliphatic hydroxyl groups is 1. The van der Waals surface area contributed by atoms with Gasteiger partial charge in [0, 0.05) is 32.2 Å². The summed E-state index contributed by atoms with van der Waals surface area (Å²) >= 11 is 0. The molecule has 1 aliphatic carbocycles. The second-order valence-electron chi connectivity index (χ2n) is 5.46. The number of hydrogen-bond donors (Lipinski definition) is 1. The number of aliphatic hydroxyl groups excluding tert-OH is 1. The Morgan fingerprint density at radius 1 is 1.32 bits per heavy atom. The molecule has 0 bridgehead atoms. The molecule has 108 valence electrons. The van der Waals surface area contributed by atoms with Crippen LogP contribution in [-0.2, 0) is 9.59 Å². The van der Waals surface area contributed by atoms with E-state index in [1.54, 1.807) is 9.80 Å². The fourth-order valence-corrected chi connectivity index (χ4v) is 2.75. The fraction of sp³-hybridized carbons (Fsp3) is 0.857. The van der Waals surface area contributed by atoms with Crippen LogP contribution < -0.4 is 0 Å². The van der Waals surface area contributed by atoms with Gasteiger partial charge in [0.15, 0.2) is 0 Å². The standard InChI is InChI=1S/C14H24N2O3/c1-2-15(8-4-10-17)14(19)12-5-3-9-16(12)13(18)11-6-7-11/h11-12,17H,2-10H2,1H3. The van der Waals surface area contributed by atoms with Crippen molar-refractivity contribution in [3.63, 3.8) is 0 Å². The number of carbonyl (C=O) groups is 2. The highest BCUT2D eigenvalue weighted by molar-refractivity contribution is 5.90. The number of carbonyl (C=O) groups excluding carboxylic acids is 2. The third-order valence-corrected chi connectivity index (χ3v) is 4.03. The summed E-state index contributed by atoms with van der Waals surface area (Å²) in [6.45, 7) is 3.98. The second kappa shape index (κ2) is 6.37. The predicted octanol–water partition coefficient (Wildman–Crippen LogP) is 0.618. The number of likely N-dealkylation sites (tertiary alicyclic amines) is 1. The first kappa shape index (κ1) is 14.3. The maximum atomic E-state index is 12.5. The van der Waals surface area contributed by atoms with Gasteiger partial charge in [-0.25, -0.2) is 0 Å². The molecular formula is C14H24N2O3. The molecule has 0 spiro atoms. The van der Waals surface area contributed by atoms with E-state index in [0.717, 1.165) is 32.2 Å². The van der Waals surface area contributed by atoms with Crippen LogP contribution >= 0.6 is 0 Å². The topological polar surface area (TPSA) is 60.9 Å². The van der Waals surface area contributed by atoms with Crippen molar-refractivity contribution in [3.05, 3.63) is 0 Å². The molecule has 19 heavy (non-hydrogen) atoms. The van der Waals surface area contributed by atoms with Gasteiger partial charge in [0.2, 0.25) is 11.8 Å². The monoisotopic (exact) mass is 268 g/mol. The summed E-state index contributed by atoms with van der Waals surface area (Å²) in [6, 6.07) is -0.258. The van der Waals surface area contributed by atoms with E-state index in [4.69, 9.17) is 5.11 Å². The minimum Gasteiger partial charge on any atom is -0.396 e. The molecule has 5 nitrogen and oxygen atoms in total. The van der Waals surface area contributed by atoms with Crippen molar-refractivity contribution in [2.24, 2.45) is 5.92 Å². The summed E-state index contributed by atoms with van der Waals surface area (Å²) in [6.07, 6.45) is 4.28. The smallest absolute Gasteiger partial charge is 0.245 e. The van der Waals surface area contributed by atoms with Crippen LogP contribution in [-0.4, -0.2) is 59.0 Å². The summed E-state index contributed by atoms with van der Waals surface area (Å²) in [7, 11) is 0. The minimum absolute atomic E-state index is 0.0578. The van der Waals surface area contributed by atoms with Crippen molar-refractivity contribution >= 4 is 11.8 Å². The molecule has 0 aromatic carbocycles. The van der Waals surface area contributed by atoms with Crippen molar-refractivity contribution in [2.75, 3.05) is 26.2 Å². The Hall–Kier alpha value is -1.10. The van der Waals surface area contributed by atoms with Crippen LogP contribution in [0.2, 0.25) is 0 Å². The van der Waals surface area contributed by atoms with Gasteiger partial charge < -0.3 is 14.9 Å². The van der Waals surface area contributed by atoms with Gasteiger partial charge in [-0.1, -0.05) is 0 Å². The van der Waals surface area contributed by atoms with E-state index in [1.165, 1.54) is 0 Å². The summed E-state index contributed by atoms with van der Waals surface area (Å²) in [5.74, 6) is 0.414. The van der Waals surface area contributed by atoms with Gasteiger partial charge in [-0.15, -0.1) is 0 Å². The van der Waals surface area contributed by atoms with Crippen LogP contribution in [0.15, 0.2) is 0 Å². The third kappa shape index (κ3) is 3.26. The van der Waals surface area contributed by atoms with Gasteiger partial charge in [-0.2, -0.15) is 0 Å². The average Bonchev–Trinajstić information content (AvgIpc) is 3.15. The van der Waals surface area contributed by atoms with Crippen molar-refractivity contribution < 1.29 is 14.7 Å². The zero-order chi connectivity index (χ0) is 13.8. The summed E-state index contributed by atoms with van der Waals surface area (Å²) in [5.41, 5.74) is 0. The Kier molecular flexibility index (Phi) is 4.80. The first-order valence-corrected chi connectivity index (χ1v) is 7.39. The molecule has 2 aliphatic rings. The Morgan fingerprint density at radius 2 is 2.05 bits per heavy atom. The highest BCUT2D eigenvalue weighted by atomic mass is 16.3. The van der Waals surface area contributed by atoms with Crippen LogP contribution in [0.4, 0.5) is 0 Å². The molecule has 1 aliphatic heterocycles. The maximum Gasteiger partial charge on any atom is 0.245 e. The lowest BCUT2D eigenvalue weighted by Gasteiger charge is -2.29. The highest BCUT2D eigenvalue weighted by Crippen LogP contribution is 2.34. The molecule has 2 fully saturated rings. The lowest BCUT2D eigenvalue weighted by Crippen LogP contribution is -2.48. The Bertz CT molecular complexity index is 342. The molecule has 1 atom stereocenters. The first-order valence-electron chi connectivity index (χ1n) is 7.39. The van der Waals surface area contributed by atoms with E-state index in [-0.39, 0.29) is 30.4 Å². The van der Waals surface area contributed by atoms with E-state index in [2.05, 4.69) is 0 Å². The number of rotatable bonds is 6. The Labute approximate surface area is 114 Å². The minimum atomic E-state index is -0.258. The van der Waals surface area contributed by atoms with Gasteiger partial charge in [0.05, 0.1) is 0 Å². The normalized spacial score (nSPS) is 22.6. The quantitative estimate of drug-likeness (QED) is 0.768. The van der Waals surface area contributed by atoms with Crippen molar-refractivity contribution in [1.82, 2.24) is 9.80 Å². The Morgan fingerprint density at radius 3 is 2.63 bits per heavy atom. The molecule has 2 amide bonds. The predicted molar refractivity (Wildman–Crippen MR) is 71.4 cm³/mol. The van der Waals surface area contributed by atoms with Gasteiger partial charge in [0.25, 0.3) is 0 Å². The molecule has 1 heterocycles. The largest absolute Gasteiger partial charge is 0.396 e. The van der Waals surface area contributed by atoms with E-state index < -0.39 is 0 Å². The van der Waals surface area contributed by atoms with Crippen LogP contribution in [0.1, 0.15) is 39.0 Å². The zero-order valence-corrected chi connectivity index (χ0v) is 11.7. The van der Waals surface area contributed by atoms with Crippen LogP contribution in [0, 0.1) is 5.92 Å². The summed E-state index contributed by atoms with van der Waals surface area (Å²) < 4.78 is 0. The SMILES string of the molecule is CCN(CCCO)C(=O)C1CCCN1C(=O)C1CC1. The van der Waals surface area contributed by atoms with Crippen molar-refractivity contribution in [1.29, 1.82) is 0 Å². The van der Waals surface area contributed by atoms with Gasteiger partial charge in [-0.05, 0) is 39.0 Å². The Balaban J connectivity index is 1.97. The number of amides is 2. The summed E-state index contributed by atoms with van der Waals surface area (Å²) in [5, 5.41) is 8.88. The molecule has 0 radical (unpaired) electrons. The molecule has 0 aromatic heterocycles. The lowest BCUT2D eigenvalue weighted by atomic mass is 10.1. The van der Waals surface area contributed by atoms with E-state index >= 15 is 0 Å². The lowest BCUT2D eigenvalue weighted by molar-refractivity contribution is -0.144. The zero-order valence-electron chi connectivity index (χ0n) is 11.7. The van der Waals surface area contributed by atoms with Gasteiger partial charge >= 0.3 is 0 Å². The van der Waals surface area contributed by atoms with Crippen LogP contribution in [0.5, 0.6) is 0 Å². The number of nitrogens with zero attached hydrogens (tertiary/aromatic N) is 2. The number of likely N-dealkylation sites (N-methyl/N-ethyl adjacent to an activating group) is 1. The van der Waals surface area contributed by atoms with Crippen LogP contribution in [0.25, 0.3) is 0 Å². The summed E-state index contributed by atoms with van der Waals surface area (Å²) in [4.78, 5) is 28.2. The third-order valence-electron chi connectivity index (χ3n) is 4.03. The average molecular weight is 268 g/mol. The van der Waals surface area contributed by atoms with Crippen molar-refractivity contribution in [2.45, 2.75) is 45.1 Å². The molecule has 0 aromatic rings. The van der Waals surface area contributed by atoms with Crippen LogP contribution in [0.3, 0.4) is 0 Å². The molecule has 2 rings (SSSR count).